The van der Waals surface area contributed by atoms with Crippen LogP contribution in [0.5, 0.6) is 0 Å². The van der Waals surface area contributed by atoms with E-state index in [4.69, 9.17) is 9.97 Å². The molecule has 4 rings (SSSR count). The number of hydrogen-bond donors (Lipinski definition) is 2. The third-order valence-corrected chi connectivity index (χ3v) is 6.08. The smallest absolute Gasteiger partial charge is 0.225 e. The number of carbonyl (C=O) groups is 1. The third kappa shape index (κ3) is 6.92. The Morgan fingerprint density at radius 2 is 1.81 bits per heavy atom. The quantitative estimate of drug-likeness (QED) is 0.263. The van der Waals surface area contributed by atoms with Crippen molar-refractivity contribution in [2.45, 2.75) is 45.1 Å². The zero-order valence-corrected chi connectivity index (χ0v) is 20.8. The predicted molar refractivity (Wildman–Crippen MR) is 146 cm³/mol. The van der Waals surface area contributed by atoms with E-state index in [9.17, 15) is 14.8 Å². The summed E-state index contributed by atoms with van der Waals surface area (Å²) in [6.45, 7) is 1.99. The summed E-state index contributed by atoms with van der Waals surface area (Å²) in [5, 5.41) is 17.2. The SMILES string of the molecule is CC/C=C\C(=C/C1=Cc2nc(C(O)c3ccccc3)c(NC(=O)CCc3ccccc3)nc2CC1)N=O. The number of allylic oxidation sites excluding steroid dienone is 4. The predicted octanol–water partition coefficient (Wildman–Crippen LogP) is 6.08. The lowest BCUT2D eigenvalue weighted by molar-refractivity contribution is -0.116. The van der Waals surface area contributed by atoms with Crippen LogP contribution in [0.3, 0.4) is 0 Å². The molecular formula is C30H30N4O3. The van der Waals surface area contributed by atoms with Crippen LogP contribution in [0.4, 0.5) is 5.82 Å². The first kappa shape index (κ1) is 25.9. The number of amides is 1. The van der Waals surface area contributed by atoms with Gasteiger partial charge in [0.1, 0.15) is 17.5 Å². The van der Waals surface area contributed by atoms with Crippen LogP contribution in [0.15, 0.2) is 95.3 Å². The first-order valence-corrected chi connectivity index (χ1v) is 12.5. The Labute approximate surface area is 216 Å². The molecule has 1 aliphatic rings. The highest BCUT2D eigenvalue weighted by molar-refractivity contribution is 5.90. The molecule has 2 N–H and O–H groups in total. The maximum Gasteiger partial charge on any atom is 0.225 e. The Balaban J connectivity index is 1.65. The maximum atomic E-state index is 12.8. The van der Waals surface area contributed by atoms with Gasteiger partial charge in [0.25, 0.3) is 0 Å². The van der Waals surface area contributed by atoms with Crippen LogP contribution in [-0.2, 0) is 17.6 Å². The highest BCUT2D eigenvalue weighted by Crippen LogP contribution is 2.31. The van der Waals surface area contributed by atoms with Gasteiger partial charge in [-0.05, 0) is 65.8 Å². The summed E-state index contributed by atoms with van der Waals surface area (Å²) in [7, 11) is 0. The van der Waals surface area contributed by atoms with Gasteiger partial charge in [-0.2, -0.15) is 0 Å². The number of aromatic nitrogens is 2. The van der Waals surface area contributed by atoms with Crippen molar-refractivity contribution >= 4 is 17.8 Å². The second kappa shape index (κ2) is 12.6. The Hall–Kier alpha value is -4.23. The molecule has 1 heterocycles. The van der Waals surface area contributed by atoms with Crippen LogP contribution in [0.1, 0.15) is 60.5 Å². The molecule has 1 amide bonds. The van der Waals surface area contributed by atoms with Crippen LogP contribution in [-0.4, -0.2) is 21.0 Å². The number of carbonyl (C=O) groups excluding carboxylic acids is 1. The van der Waals surface area contributed by atoms with E-state index < -0.39 is 6.10 Å². The standard InChI is InChI=1S/C30H30N4O3/c1-2-3-14-24(34-37)19-22-15-17-25-26(20-22)31-28(29(36)23-12-8-5-9-13-23)30(32-25)33-27(35)18-16-21-10-6-4-7-11-21/h3-14,19-20,29,36H,2,15-18H2,1H3,(H,32,33,35)/b14-3-,24-19+. The molecule has 0 aliphatic heterocycles. The van der Waals surface area contributed by atoms with E-state index in [0.29, 0.717) is 36.2 Å². The van der Waals surface area contributed by atoms with Crippen molar-refractivity contribution in [3.05, 3.63) is 123 Å². The molecule has 3 aromatic rings. The maximum absolute atomic E-state index is 12.8. The van der Waals surface area contributed by atoms with Crippen LogP contribution >= 0.6 is 0 Å². The lowest BCUT2D eigenvalue weighted by atomic mass is 9.97. The fraction of sp³-hybridized carbons (Fsp3) is 0.233. The number of aliphatic hydroxyl groups is 1. The van der Waals surface area contributed by atoms with E-state index in [1.807, 2.05) is 67.6 Å². The Morgan fingerprint density at radius 1 is 1.08 bits per heavy atom. The first-order chi connectivity index (χ1) is 18.1. The number of nitroso groups, excluding NO2 is 1. The van der Waals surface area contributed by atoms with E-state index in [1.54, 1.807) is 24.3 Å². The number of anilines is 1. The summed E-state index contributed by atoms with van der Waals surface area (Å²) in [5.41, 5.74) is 4.57. The first-order valence-electron chi connectivity index (χ1n) is 12.5. The summed E-state index contributed by atoms with van der Waals surface area (Å²) in [4.78, 5) is 33.5. The molecule has 0 fully saturated rings. The highest BCUT2D eigenvalue weighted by atomic mass is 16.3. The van der Waals surface area contributed by atoms with Gasteiger partial charge in [-0.1, -0.05) is 73.7 Å². The zero-order chi connectivity index (χ0) is 26.0. The minimum absolute atomic E-state index is 0.195. The van der Waals surface area contributed by atoms with Crippen LogP contribution < -0.4 is 5.32 Å². The van der Waals surface area contributed by atoms with Crippen molar-refractivity contribution < 1.29 is 9.90 Å². The lowest BCUT2D eigenvalue weighted by Crippen LogP contribution is -2.20. The number of hydrogen-bond acceptors (Lipinski definition) is 6. The van der Waals surface area contributed by atoms with E-state index in [-0.39, 0.29) is 23.8 Å². The van der Waals surface area contributed by atoms with Gasteiger partial charge in [0.15, 0.2) is 5.82 Å². The largest absolute Gasteiger partial charge is 0.382 e. The average molecular weight is 495 g/mol. The summed E-state index contributed by atoms with van der Waals surface area (Å²) in [5.74, 6) is 0.0701. The average Bonchev–Trinajstić information content (AvgIpc) is 2.94. The van der Waals surface area contributed by atoms with Crippen molar-refractivity contribution in [1.82, 2.24) is 9.97 Å². The van der Waals surface area contributed by atoms with E-state index in [1.165, 1.54) is 0 Å². The van der Waals surface area contributed by atoms with Crippen LogP contribution in [0.2, 0.25) is 0 Å². The van der Waals surface area contributed by atoms with E-state index in [0.717, 1.165) is 23.3 Å². The van der Waals surface area contributed by atoms with Gasteiger partial charge in [0, 0.05) is 6.42 Å². The highest BCUT2D eigenvalue weighted by Gasteiger charge is 2.23. The molecule has 7 heteroatoms. The van der Waals surface area contributed by atoms with Gasteiger partial charge in [-0.25, -0.2) is 9.97 Å². The van der Waals surface area contributed by atoms with Crippen molar-refractivity contribution in [3.63, 3.8) is 0 Å². The minimum atomic E-state index is -1.07. The fourth-order valence-electron chi connectivity index (χ4n) is 4.13. The fourth-order valence-corrected chi connectivity index (χ4v) is 4.13. The van der Waals surface area contributed by atoms with Gasteiger partial charge in [0.2, 0.25) is 5.91 Å². The third-order valence-electron chi connectivity index (χ3n) is 6.08. The van der Waals surface area contributed by atoms with E-state index in [2.05, 4.69) is 10.5 Å². The number of fused-ring (bicyclic) bond motifs is 1. The molecule has 188 valence electrons. The Kier molecular flexibility index (Phi) is 8.84. The van der Waals surface area contributed by atoms with Crippen molar-refractivity contribution in [3.8, 4) is 0 Å². The Morgan fingerprint density at radius 3 is 2.51 bits per heavy atom. The molecule has 0 saturated carbocycles. The van der Waals surface area contributed by atoms with E-state index >= 15 is 0 Å². The van der Waals surface area contributed by atoms with Crippen LogP contribution in [0, 0.1) is 4.91 Å². The van der Waals surface area contributed by atoms with Crippen molar-refractivity contribution in [2.24, 2.45) is 5.18 Å². The minimum Gasteiger partial charge on any atom is -0.382 e. The number of nitrogens with one attached hydrogen (secondary N) is 1. The molecule has 0 spiro atoms. The topological polar surface area (TPSA) is 105 Å². The molecule has 2 aromatic carbocycles. The van der Waals surface area contributed by atoms with Gasteiger partial charge in [0.05, 0.1) is 11.4 Å². The molecular weight excluding hydrogens is 464 g/mol. The normalized spacial score (nSPS) is 14.1. The number of rotatable bonds is 10. The van der Waals surface area contributed by atoms with Crippen molar-refractivity contribution in [2.75, 3.05) is 5.32 Å². The number of nitrogens with zero attached hydrogens (tertiary/aromatic N) is 3. The summed E-state index contributed by atoms with van der Waals surface area (Å²) in [6, 6.07) is 19.0. The number of aryl methyl sites for hydroxylation is 2. The molecule has 7 nitrogen and oxygen atoms in total. The summed E-state index contributed by atoms with van der Waals surface area (Å²) in [6.07, 6.45) is 9.04. The Bertz CT molecular complexity index is 1330. The van der Waals surface area contributed by atoms with Gasteiger partial charge in [-0.15, -0.1) is 4.91 Å². The van der Waals surface area contributed by atoms with Crippen LogP contribution in [0.25, 0.3) is 6.08 Å². The molecule has 1 unspecified atom stereocenters. The monoisotopic (exact) mass is 494 g/mol. The number of aliphatic hydroxyl groups excluding tert-OH is 1. The molecule has 0 bridgehead atoms. The lowest BCUT2D eigenvalue weighted by Gasteiger charge is -2.20. The zero-order valence-electron chi connectivity index (χ0n) is 20.8. The molecule has 0 radical (unpaired) electrons. The molecule has 1 atom stereocenters. The van der Waals surface area contributed by atoms with Gasteiger partial charge in [-0.3, -0.25) is 4.79 Å². The van der Waals surface area contributed by atoms with Crippen molar-refractivity contribution in [1.29, 1.82) is 0 Å². The summed E-state index contributed by atoms with van der Waals surface area (Å²) < 4.78 is 0. The molecule has 0 saturated heterocycles. The summed E-state index contributed by atoms with van der Waals surface area (Å²) >= 11 is 0. The molecule has 1 aromatic heterocycles. The molecule has 37 heavy (non-hydrogen) atoms. The van der Waals surface area contributed by atoms with Gasteiger partial charge >= 0.3 is 0 Å². The number of benzene rings is 2. The van der Waals surface area contributed by atoms with Gasteiger partial charge < -0.3 is 10.4 Å². The molecule has 1 aliphatic carbocycles. The second-order valence-electron chi connectivity index (χ2n) is 8.83. The second-order valence-corrected chi connectivity index (χ2v) is 8.83.